The number of ketones is 1. The van der Waals surface area contributed by atoms with Crippen LogP contribution in [0.4, 0.5) is 0 Å². The van der Waals surface area contributed by atoms with E-state index < -0.39 is 0 Å². The summed E-state index contributed by atoms with van der Waals surface area (Å²) in [5.74, 6) is -0.118. The van der Waals surface area contributed by atoms with Crippen molar-refractivity contribution in [1.82, 2.24) is 10.2 Å². The molecule has 0 saturated carbocycles. The summed E-state index contributed by atoms with van der Waals surface area (Å²) in [6.07, 6.45) is 0.795. The number of likely N-dealkylation sites (N-methyl/N-ethyl adjacent to an activating group) is 1. The van der Waals surface area contributed by atoms with Gasteiger partial charge in [0.2, 0.25) is 0 Å². The molecule has 0 aromatic heterocycles. The van der Waals surface area contributed by atoms with E-state index in [2.05, 4.69) is 5.32 Å². The number of amides is 1. The molecular formula is C16H24N2O2. The van der Waals surface area contributed by atoms with Crippen LogP contribution in [-0.4, -0.2) is 43.8 Å². The Morgan fingerprint density at radius 3 is 2.40 bits per heavy atom. The zero-order valence-corrected chi connectivity index (χ0v) is 13.0. The molecule has 0 spiro atoms. The van der Waals surface area contributed by atoms with Crippen LogP contribution in [0.3, 0.4) is 0 Å². The maximum atomic E-state index is 12.1. The van der Waals surface area contributed by atoms with Gasteiger partial charge in [0.15, 0.2) is 5.78 Å². The summed E-state index contributed by atoms with van der Waals surface area (Å²) in [6, 6.07) is 3.56. The molecular weight excluding hydrogens is 252 g/mol. The number of rotatable bonds is 6. The number of carbonyl (C=O) groups is 2. The van der Waals surface area contributed by atoms with Crippen molar-refractivity contribution >= 4 is 11.7 Å². The van der Waals surface area contributed by atoms with Crippen molar-refractivity contribution < 1.29 is 9.59 Å². The molecule has 1 rings (SSSR count). The van der Waals surface area contributed by atoms with Gasteiger partial charge in [-0.3, -0.25) is 9.59 Å². The third kappa shape index (κ3) is 4.17. The highest BCUT2D eigenvalue weighted by Crippen LogP contribution is 2.19. The Bertz CT molecular complexity index is 507. The van der Waals surface area contributed by atoms with Crippen molar-refractivity contribution in [2.75, 3.05) is 27.2 Å². The molecule has 0 radical (unpaired) electrons. The largest absolute Gasteiger partial charge is 0.351 e. The smallest absolute Gasteiger partial charge is 0.251 e. The van der Waals surface area contributed by atoms with Crippen LogP contribution in [0, 0.1) is 6.92 Å². The Morgan fingerprint density at radius 1 is 1.25 bits per heavy atom. The molecule has 0 atom stereocenters. The highest BCUT2D eigenvalue weighted by atomic mass is 16.1. The van der Waals surface area contributed by atoms with Crippen LogP contribution >= 0.6 is 0 Å². The topological polar surface area (TPSA) is 49.4 Å². The Balaban J connectivity index is 2.96. The van der Waals surface area contributed by atoms with Gasteiger partial charge < -0.3 is 10.2 Å². The van der Waals surface area contributed by atoms with Crippen molar-refractivity contribution in [3.05, 3.63) is 34.4 Å². The van der Waals surface area contributed by atoms with E-state index in [1.54, 1.807) is 13.0 Å². The van der Waals surface area contributed by atoms with Crippen molar-refractivity contribution in [2.45, 2.75) is 27.2 Å². The van der Waals surface area contributed by atoms with Crippen LogP contribution in [0.2, 0.25) is 0 Å². The third-order valence-electron chi connectivity index (χ3n) is 3.31. The van der Waals surface area contributed by atoms with E-state index in [-0.39, 0.29) is 11.7 Å². The third-order valence-corrected chi connectivity index (χ3v) is 3.31. The first-order chi connectivity index (χ1) is 9.36. The number of aryl methyl sites for hydroxylation is 1. The molecule has 1 aromatic carbocycles. The minimum Gasteiger partial charge on any atom is -0.351 e. The van der Waals surface area contributed by atoms with Gasteiger partial charge in [0, 0.05) is 24.2 Å². The first kappa shape index (κ1) is 16.4. The second-order valence-electron chi connectivity index (χ2n) is 5.29. The molecule has 0 aliphatic heterocycles. The quantitative estimate of drug-likeness (QED) is 0.809. The van der Waals surface area contributed by atoms with Gasteiger partial charge in [0.1, 0.15) is 0 Å². The zero-order chi connectivity index (χ0) is 15.3. The molecule has 1 amide bonds. The Labute approximate surface area is 121 Å². The van der Waals surface area contributed by atoms with Gasteiger partial charge in [-0.25, -0.2) is 0 Å². The van der Waals surface area contributed by atoms with Crippen molar-refractivity contribution in [3.63, 3.8) is 0 Å². The number of hydrogen-bond acceptors (Lipinski definition) is 3. The molecule has 0 fully saturated rings. The van der Waals surface area contributed by atoms with Gasteiger partial charge in [-0.1, -0.05) is 6.92 Å². The lowest BCUT2D eigenvalue weighted by Crippen LogP contribution is -2.31. The fraction of sp³-hybridized carbons (Fsp3) is 0.500. The van der Waals surface area contributed by atoms with E-state index in [4.69, 9.17) is 0 Å². The van der Waals surface area contributed by atoms with Crippen LogP contribution in [-0.2, 0) is 6.42 Å². The molecule has 4 heteroatoms. The first-order valence-corrected chi connectivity index (χ1v) is 6.94. The summed E-state index contributed by atoms with van der Waals surface area (Å²) >= 11 is 0. The standard InChI is InChI=1S/C16H24N2O2/c1-6-14-11(2)9-13(10-15(14)12(3)19)16(20)17-7-8-18(4)5/h9-10H,6-8H2,1-5H3,(H,17,20). The molecule has 1 N–H and O–H groups in total. The van der Waals surface area contributed by atoms with Gasteiger partial charge in [0.05, 0.1) is 0 Å². The Hall–Kier alpha value is -1.68. The lowest BCUT2D eigenvalue weighted by Gasteiger charge is -2.13. The van der Waals surface area contributed by atoms with E-state index >= 15 is 0 Å². The minimum absolute atomic E-state index is 0.00731. The van der Waals surface area contributed by atoms with Crippen LogP contribution in [0.1, 0.15) is 45.7 Å². The molecule has 0 bridgehead atoms. The molecule has 0 saturated heterocycles. The normalized spacial score (nSPS) is 10.7. The van der Waals surface area contributed by atoms with Crippen molar-refractivity contribution in [1.29, 1.82) is 0 Å². The van der Waals surface area contributed by atoms with Crippen molar-refractivity contribution in [2.24, 2.45) is 0 Å². The number of hydrogen-bond donors (Lipinski definition) is 1. The highest BCUT2D eigenvalue weighted by Gasteiger charge is 2.14. The second kappa shape index (κ2) is 7.20. The van der Waals surface area contributed by atoms with Crippen molar-refractivity contribution in [3.8, 4) is 0 Å². The maximum absolute atomic E-state index is 12.1. The highest BCUT2D eigenvalue weighted by molar-refractivity contribution is 6.01. The van der Waals surface area contributed by atoms with Gasteiger partial charge in [-0.05, 0) is 57.6 Å². The number of nitrogens with zero attached hydrogens (tertiary/aromatic N) is 1. The summed E-state index contributed by atoms with van der Waals surface area (Å²) < 4.78 is 0. The molecule has 0 heterocycles. The summed E-state index contributed by atoms with van der Waals surface area (Å²) in [5, 5.41) is 2.87. The number of Topliss-reactive ketones (excluding diaryl/α,β-unsaturated/α-hetero) is 1. The molecule has 4 nitrogen and oxygen atoms in total. The maximum Gasteiger partial charge on any atom is 0.251 e. The number of carbonyl (C=O) groups excluding carboxylic acids is 2. The Kier molecular flexibility index (Phi) is 5.89. The number of benzene rings is 1. The lowest BCUT2D eigenvalue weighted by molar-refractivity contribution is 0.0951. The SMILES string of the molecule is CCc1c(C)cc(C(=O)NCCN(C)C)cc1C(C)=O. The fourth-order valence-corrected chi connectivity index (χ4v) is 2.23. The summed E-state index contributed by atoms with van der Waals surface area (Å²) in [7, 11) is 3.92. The average molecular weight is 276 g/mol. The summed E-state index contributed by atoms with van der Waals surface area (Å²) in [6.45, 7) is 6.89. The average Bonchev–Trinajstić information content (AvgIpc) is 2.36. The molecule has 110 valence electrons. The predicted molar refractivity (Wildman–Crippen MR) is 81.4 cm³/mol. The summed E-state index contributed by atoms with van der Waals surface area (Å²) in [5.41, 5.74) is 3.24. The van der Waals surface area contributed by atoms with Crippen LogP contribution < -0.4 is 5.32 Å². The predicted octanol–water partition coefficient (Wildman–Crippen LogP) is 2.05. The van der Waals surface area contributed by atoms with E-state index in [1.807, 2.05) is 38.9 Å². The van der Waals surface area contributed by atoms with E-state index in [1.165, 1.54) is 0 Å². The lowest BCUT2D eigenvalue weighted by atomic mass is 9.94. The number of nitrogens with one attached hydrogen (secondary N) is 1. The molecule has 20 heavy (non-hydrogen) atoms. The van der Waals surface area contributed by atoms with Crippen LogP contribution in [0.15, 0.2) is 12.1 Å². The molecule has 0 aliphatic rings. The second-order valence-corrected chi connectivity index (χ2v) is 5.29. The molecule has 0 unspecified atom stereocenters. The Morgan fingerprint density at radius 2 is 1.90 bits per heavy atom. The van der Waals surface area contributed by atoms with Crippen LogP contribution in [0.25, 0.3) is 0 Å². The van der Waals surface area contributed by atoms with E-state index in [0.29, 0.717) is 17.7 Å². The van der Waals surface area contributed by atoms with Gasteiger partial charge in [-0.15, -0.1) is 0 Å². The van der Waals surface area contributed by atoms with Gasteiger partial charge in [-0.2, -0.15) is 0 Å². The fourth-order valence-electron chi connectivity index (χ4n) is 2.23. The van der Waals surface area contributed by atoms with E-state index in [0.717, 1.165) is 24.1 Å². The van der Waals surface area contributed by atoms with Gasteiger partial charge >= 0.3 is 0 Å². The first-order valence-electron chi connectivity index (χ1n) is 6.94. The molecule has 0 aliphatic carbocycles. The van der Waals surface area contributed by atoms with E-state index in [9.17, 15) is 9.59 Å². The molecule has 1 aromatic rings. The van der Waals surface area contributed by atoms with Gasteiger partial charge in [0.25, 0.3) is 5.91 Å². The summed E-state index contributed by atoms with van der Waals surface area (Å²) in [4.78, 5) is 25.8. The minimum atomic E-state index is -0.125. The van der Waals surface area contributed by atoms with Crippen LogP contribution in [0.5, 0.6) is 0 Å². The zero-order valence-electron chi connectivity index (χ0n) is 13.0. The monoisotopic (exact) mass is 276 g/mol.